The molecular formula is C35H76N4O. The molecule has 242 valence electrons. The van der Waals surface area contributed by atoms with E-state index in [0.717, 1.165) is 44.7 Å². The van der Waals surface area contributed by atoms with Gasteiger partial charge in [0.2, 0.25) is 0 Å². The number of hydrogen-bond acceptors (Lipinski definition) is 5. The Morgan fingerprint density at radius 1 is 0.650 bits per heavy atom. The zero-order valence-corrected chi connectivity index (χ0v) is 30.5. The van der Waals surface area contributed by atoms with Crippen LogP contribution in [0, 0.1) is 33.5 Å². The van der Waals surface area contributed by atoms with E-state index in [2.05, 4.69) is 139 Å². The molecule has 0 radical (unpaired) electrons. The third-order valence-electron chi connectivity index (χ3n) is 8.35. The first-order chi connectivity index (χ1) is 18.0. The Morgan fingerprint density at radius 3 is 1.48 bits per heavy atom. The van der Waals surface area contributed by atoms with Crippen molar-refractivity contribution >= 4 is 0 Å². The van der Waals surface area contributed by atoms with E-state index < -0.39 is 0 Å². The minimum Gasteiger partial charge on any atom is -0.375 e. The lowest BCUT2D eigenvalue weighted by atomic mass is 9.72. The molecule has 0 aromatic carbocycles. The quantitative estimate of drug-likeness (QED) is 0.301. The Balaban J connectivity index is 0.000000544. The number of hydrogen-bond donors (Lipinski definition) is 3. The van der Waals surface area contributed by atoms with Gasteiger partial charge in [-0.3, -0.25) is 10.2 Å². The van der Waals surface area contributed by atoms with Gasteiger partial charge in [-0.1, -0.05) is 104 Å². The van der Waals surface area contributed by atoms with Crippen LogP contribution in [0.2, 0.25) is 0 Å². The summed E-state index contributed by atoms with van der Waals surface area (Å²) in [6.45, 7) is 45.0. The SMILES string of the molecule is CC(C)(C)C1CCC(C(C)(C)C)NC1.CC(C)(C)C1CNCN1.CC(C)C.CC(C)N1CCOC(C(C)(C)C)C1. The summed E-state index contributed by atoms with van der Waals surface area (Å²) in [5, 5.41) is 10.4. The van der Waals surface area contributed by atoms with E-state index >= 15 is 0 Å². The summed E-state index contributed by atoms with van der Waals surface area (Å²) in [5.74, 6) is 1.68. The fourth-order valence-electron chi connectivity index (χ4n) is 5.09. The monoisotopic (exact) mass is 569 g/mol. The molecule has 0 bridgehead atoms. The second-order valence-electron chi connectivity index (χ2n) is 17.8. The summed E-state index contributed by atoms with van der Waals surface area (Å²) in [4.78, 5) is 2.50. The zero-order chi connectivity index (χ0) is 31.5. The molecule has 0 saturated carbocycles. The predicted octanol–water partition coefficient (Wildman–Crippen LogP) is 7.80. The Bertz CT molecular complexity index is 610. The summed E-state index contributed by atoms with van der Waals surface area (Å²) in [6.07, 6.45) is 3.12. The summed E-state index contributed by atoms with van der Waals surface area (Å²) in [7, 11) is 0. The molecule has 3 aliphatic heterocycles. The van der Waals surface area contributed by atoms with Gasteiger partial charge in [0.1, 0.15) is 0 Å². The normalized spacial score (nSPS) is 26.8. The van der Waals surface area contributed by atoms with Crippen molar-refractivity contribution in [3.63, 3.8) is 0 Å². The lowest BCUT2D eigenvalue weighted by Crippen LogP contribution is -2.50. The number of morpholine rings is 1. The fraction of sp³-hybridized carbons (Fsp3) is 1.00. The minimum atomic E-state index is 0.271. The second kappa shape index (κ2) is 17.2. The van der Waals surface area contributed by atoms with E-state index in [0.29, 0.717) is 40.5 Å². The van der Waals surface area contributed by atoms with Gasteiger partial charge in [0.05, 0.1) is 12.7 Å². The minimum absolute atomic E-state index is 0.271. The number of piperidine rings is 1. The smallest absolute Gasteiger partial charge is 0.0750 e. The maximum absolute atomic E-state index is 5.78. The van der Waals surface area contributed by atoms with Gasteiger partial charge in [-0.15, -0.1) is 0 Å². The van der Waals surface area contributed by atoms with Crippen LogP contribution in [-0.4, -0.2) is 68.6 Å². The van der Waals surface area contributed by atoms with Gasteiger partial charge in [-0.25, -0.2) is 0 Å². The summed E-state index contributed by atoms with van der Waals surface area (Å²) in [5.41, 5.74) is 1.57. The molecule has 4 unspecified atom stereocenters. The molecule has 0 amide bonds. The Morgan fingerprint density at radius 2 is 1.18 bits per heavy atom. The van der Waals surface area contributed by atoms with Crippen molar-refractivity contribution in [2.75, 3.05) is 39.5 Å². The first kappa shape index (κ1) is 39.8. The molecule has 3 heterocycles. The fourth-order valence-corrected chi connectivity index (χ4v) is 5.09. The van der Waals surface area contributed by atoms with E-state index in [4.69, 9.17) is 4.74 Å². The molecule has 4 atom stereocenters. The van der Waals surface area contributed by atoms with Crippen LogP contribution in [0.5, 0.6) is 0 Å². The van der Waals surface area contributed by atoms with Gasteiger partial charge in [0, 0.05) is 44.4 Å². The molecule has 5 heteroatoms. The standard InChI is InChI=1S/C13H27N.C11H23NO.C7H16N2.C4H10/c1-12(2,3)10-7-8-11(14-9-10)13(4,5)6;1-9(2)12-6-7-13-10(8-12)11(3,4)5;1-7(2,3)6-4-8-5-9-6;1-4(2)3/h10-11,14H,7-9H2,1-6H3;9-10H,6-8H2,1-5H3;6,8-9H,4-5H2,1-3H3;4H,1-3H3. The van der Waals surface area contributed by atoms with Gasteiger partial charge in [-0.2, -0.15) is 0 Å². The third-order valence-corrected chi connectivity index (χ3v) is 8.35. The molecular weight excluding hydrogens is 492 g/mol. The maximum Gasteiger partial charge on any atom is 0.0750 e. The lowest BCUT2D eigenvalue weighted by molar-refractivity contribution is -0.0866. The van der Waals surface area contributed by atoms with Gasteiger partial charge in [0.25, 0.3) is 0 Å². The Kier molecular flexibility index (Phi) is 17.1. The molecule has 0 aliphatic carbocycles. The molecule has 0 spiro atoms. The molecule has 0 aromatic rings. The van der Waals surface area contributed by atoms with Crippen molar-refractivity contribution in [3.8, 4) is 0 Å². The van der Waals surface area contributed by atoms with E-state index in [1.165, 1.54) is 19.4 Å². The molecule has 0 aromatic heterocycles. The molecule has 3 rings (SSSR count). The van der Waals surface area contributed by atoms with Crippen molar-refractivity contribution in [1.29, 1.82) is 0 Å². The third kappa shape index (κ3) is 17.0. The van der Waals surface area contributed by atoms with Crippen LogP contribution in [0.4, 0.5) is 0 Å². The Labute approximate surface area is 253 Å². The van der Waals surface area contributed by atoms with E-state index in [-0.39, 0.29) is 5.41 Å². The van der Waals surface area contributed by atoms with Crippen molar-refractivity contribution in [2.45, 2.75) is 155 Å². The number of nitrogens with zero attached hydrogens (tertiary/aromatic N) is 1. The van der Waals surface area contributed by atoms with E-state index in [1.54, 1.807) is 0 Å². The largest absolute Gasteiger partial charge is 0.375 e. The summed E-state index contributed by atoms with van der Waals surface area (Å²) < 4.78 is 5.78. The molecule has 3 N–H and O–H groups in total. The molecule has 40 heavy (non-hydrogen) atoms. The highest BCUT2D eigenvalue weighted by Gasteiger charge is 2.34. The van der Waals surface area contributed by atoms with Crippen molar-refractivity contribution in [2.24, 2.45) is 33.5 Å². The molecule has 3 aliphatic rings. The number of nitrogens with one attached hydrogen (secondary N) is 3. The number of ether oxygens (including phenoxy) is 1. The van der Waals surface area contributed by atoms with Gasteiger partial charge in [0.15, 0.2) is 0 Å². The van der Waals surface area contributed by atoms with Gasteiger partial charge < -0.3 is 15.4 Å². The van der Waals surface area contributed by atoms with Gasteiger partial charge >= 0.3 is 0 Å². The first-order valence-electron chi connectivity index (χ1n) is 16.5. The summed E-state index contributed by atoms with van der Waals surface area (Å²) >= 11 is 0. The highest BCUT2D eigenvalue weighted by Crippen LogP contribution is 2.35. The molecule has 3 saturated heterocycles. The van der Waals surface area contributed by atoms with Crippen LogP contribution in [0.1, 0.15) is 131 Å². The van der Waals surface area contributed by atoms with Crippen LogP contribution >= 0.6 is 0 Å². The second-order valence-corrected chi connectivity index (χ2v) is 17.8. The van der Waals surface area contributed by atoms with Crippen molar-refractivity contribution in [1.82, 2.24) is 20.9 Å². The predicted molar refractivity (Wildman–Crippen MR) is 179 cm³/mol. The average Bonchev–Trinajstić information content (AvgIpc) is 3.34. The lowest BCUT2D eigenvalue weighted by Gasteiger charge is -2.42. The van der Waals surface area contributed by atoms with Gasteiger partial charge in [-0.05, 0) is 66.7 Å². The van der Waals surface area contributed by atoms with E-state index in [9.17, 15) is 0 Å². The summed E-state index contributed by atoms with van der Waals surface area (Å²) in [6, 6.07) is 2.01. The molecule has 3 fully saturated rings. The van der Waals surface area contributed by atoms with Crippen LogP contribution in [0.25, 0.3) is 0 Å². The van der Waals surface area contributed by atoms with Crippen molar-refractivity contribution < 1.29 is 4.74 Å². The first-order valence-corrected chi connectivity index (χ1v) is 16.5. The number of rotatable bonds is 1. The molecule has 5 nitrogen and oxygen atoms in total. The van der Waals surface area contributed by atoms with Crippen LogP contribution in [0.3, 0.4) is 0 Å². The average molecular weight is 569 g/mol. The van der Waals surface area contributed by atoms with Crippen LogP contribution < -0.4 is 16.0 Å². The van der Waals surface area contributed by atoms with Crippen LogP contribution in [0.15, 0.2) is 0 Å². The highest BCUT2D eigenvalue weighted by atomic mass is 16.5. The van der Waals surface area contributed by atoms with Crippen LogP contribution in [-0.2, 0) is 4.74 Å². The maximum atomic E-state index is 5.78. The Hall–Kier alpha value is -0.200. The highest BCUT2D eigenvalue weighted by molar-refractivity contribution is 4.89. The topological polar surface area (TPSA) is 48.6 Å². The van der Waals surface area contributed by atoms with E-state index in [1.807, 2.05) is 0 Å². The zero-order valence-electron chi connectivity index (χ0n) is 30.5. The van der Waals surface area contributed by atoms with Crippen molar-refractivity contribution in [3.05, 3.63) is 0 Å².